The van der Waals surface area contributed by atoms with Crippen molar-refractivity contribution in [1.29, 1.82) is 0 Å². The van der Waals surface area contributed by atoms with Crippen LogP contribution in [0.4, 0.5) is 17.6 Å². The number of alkyl halides is 3. The maximum Gasteiger partial charge on any atom is 0.422 e. The first kappa shape index (κ1) is 18.8. The summed E-state index contributed by atoms with van der Waals surface area (Å²) in [6.45, 7) is 0.185. The van der Waals surface area contributed by atoms with E-state index in [2.05, 4.69) is 9.72 Å². The Morgan fingerprint density at radius 2 is 1.85 bits per heavy atom. The fourth-order valence-corrected chi connectivity index (χ4v) is 2.62. The second-order valence-electron chi connectivity index (χ2n) is 5.93. The molecule has 1 atom stereocenters. The Labute approximate surface area is 151 Å². The molecule has 0 saturated heterocycles. The third kappa shape index (κ3) is 3.92. The molecule has 1 heterocycles. The topological polar surface area (TPSA) is 70.1 Å². The van der Waals surface area contributed by atoms with Gasteiger partial charge >= 0.3 is 6.18 Å². The van der Waals surface area contributed by atoms with Crippen LogP contribution in [0.2, 0.25) is 0 Å². The fourth-order valence-electron chi connectivity index (χ4n) is 2.62. The number of rotatable bonds is 4. The van der Waals surface area contributed by atoms with Crippen molar-refractivity contribution in [2.45, 2.75) is 19.1 Å². The van der Waals surface area contributed by atoms with Crippen molar-refractivity contribution in [3.05, 3.63) is 64.5 Å². The number of nitrogens with two attached hydrogens (primary N) is 1. The van der Waals surface area contributed by atoms with Crippen LogP contribution < -0.4 is 16.0 Å². The molecule has 2 aromatic carbocycles. The van der Waals surface area contributed by atoms with E-state index in [9.17, 15) is 22.4 Å². The Bertz CT molecular complexity index is 1030. The smallest absolute Gasteiger partial charge is 0.422 e. The third-order valence-corrected chi connectivity index (χ3v) is 3.78. The molecular weight excluding hydrogens is 366 g/mol. The minimum absolute atomic E-state index is 0.0219. The van der Waals surface area contributed by atoms with E-state index in [1.165, 1.54) is 36.4 Å². The molecule has 9 heteroatoms. The molecule has 27 heavy (non-hydrogen) atoms. The third-order valence-electron chi connectivity index (χ3n) is 3.78. The van der Waals surface area contributed by atoms with Gasteiger partial charge in [-0.05, 0) is 43.3 Å². The molecule has 0 aliphatic heterocycles. The lowest BCUT2D eigenvalue weighted by Gasteiger charge is -2.16. The first-order valence-corrected chi connectivity index (χ1v) is 7.94. The van der Waals surface area contributed by atoms with Gasteiger partial charge in [-0.1, -0.05) is 6.07 Å². The molecular formula is C18H15F4N3O2. The summed E-state index contributed by atoms with van der Waals surface area (Å²) in [5, 5.41) is -0.195. The molecule has 5 nitrogen and oxygen atoms in total. The van der Waals surface area contributed by atoms with Gasteiger partial charge in [0.2, 0.25) is 0 Å². The average Bonchev–Trinajstić information content (AvgIpc) is 2.59. The molecule has 0 amide bonds. The summed E-state index contributed by atoms with van der Waals surface area (Å²) in [6.07, 6.45) is -4.46. The summed E-state index contributed by atoms with van der Waals surface area (Å²) in [7, 11) is 0. The first-order valence-electron chi connectivity index (χ1n) is 7.94. The SMILES string of the molecule is C[C@H](N)c1nc2cccc(F)c2c(=O)n1-c1ccc(OCC(F)(F)F)cc1. The van der Waals surface area contributed by atoms with E-state index in [4.69, 9.17) is 5.73 Å². The van der Waals surface area contributed by atoms with Gasteiger partial charge in [-0.25, -0.2) is 9.37 Å². The number of ether oxygens (including phenoxy) is 1. The van der Waals surface area contributed by atoms with E-state index in [0.29, 0.717) is 0 Å². The van der Waals surface area contributed by atoms with Gasteiger partial charge in [-0.2, -0.15) is 13.2 Å². The molecule has 0 unspecified atom stereocenters. The van der Waals surface area contributed by atoms with Crippen LogP contribution in [0.5, 0.6) is 5.75 Å². The van der Waals surface area contributed by atoms with E-state index in [1.54, 1.807) is 6.92 Å². The van der Waals surface area contributed by atoms with Crippen LogP contribution in [0.25, 0.3) is 16.6 Å². The molecule has 0 saturated carbocycles. The highest BCUT2D eigenvalue weighted by Gasteiger charge is 2.28. The van der Waals surface area contributed by atoms with Gasteiger partial charge in [0.05, 0.1) is 17.2 Å². The molecule has 0 bridgehead atoms. The van der Waals surface area contributed by atoms with E-state index in [1.807, 2.05) is 0 Å². The van der Waals surface area contributed by atoms with Gasteiger partial charge in [-0.15, -0.1) is 0 Å². The number of aromatic nitrogens is 2. The number of benzene rings is 2. The van der Waals surface area contributed by atoms with Crippen LogP contribution in [0.1, 0.15) is 18.8 Å². The van der Waals surface area contributed by atoms with E-state index >= 15 is 0 Å². The summed E-state index contributed by atoms with van der Waals surface area (Å²) in [6, 6.07) is 8.77. The zero-order valence-electron chi connectivity index (χ0n) is 14.1. The van der Waals surface area contributed by atoms with Gasteiger partial charge in [0.1, 0.15) is 22.8 Å². The largest absolute Gasteiger partial charge is 0.484 e. The van der Waals surface area contributed by atoms with Crippen molar-refractivity contribution >= 4 is 10.9 Å². The second kappa shape index (κ2) is 6.99. The quantitative estimate of drug-likeness (QED) is 0.703. The number of hydrogen-bond acceptors (Lipinski definition) is 4. The lowest BCUT2D eigenvalue weighted by molar-refractivity contribution is -0.153. The number of nitrogens with zero attached hydrogens (tertiary/aromatic N) is 2. The minimum Gasteiger partial charge on any atom is -0.484 e. The highest BCUT2D eigenvalue weighted by Crippen LogP contribution is 2.22. The predicted octanol–water partition coefficient (Wildman–Crippen LogP) is 3.49. The normalized spacial score (nSPS) is 13.0. The lowest BCUT2D eigenvalue weighted by Crippen LogP contribution is -2.28. The molecule has 0 aliphatic rings. The second-order valence-corrected chi connectivity index (χ2v) is 5.93. The summed E-state index contributed by atoms with van der Waals surface area (Å²) in [5.41, 5.74) is 5.71. The van der Waals surface area contributed by atoms with Crippen LogP contribution in [0.3, 0.4) is 0 Å². The molecule has 3 aromatic rings. The van der Waals surface area contributed by atoms with Crippen molar-refractivity contribution in [3.63, 3.8) is 0 Å². The molecule has 3 rings (SSSR count). The van der Waals surface area contributed by atoms with Crippen LogP contribution in [0, 0.1) is 5.82 Å². The highest BCUT2D eigenvalue weighted by atomic mass is 19.4. The molecule has 0 fully saturated rings. The van der Waals surface area contributed by atoms with Gasteiger partial charge in [0.25, 0.3) is 5.56 Å². The summed E-state index contributed by atoms with van der Waals surface area (Å²) in [4.78, 5) is 17.1. The van der Waals surface area contributed by atoms with E-state index in [0.717, 1.165) is 10.6 Å². The highest BCUT2D eigenvalue weighted by molar-refractivity contribution is 5.78. The minimum atomic E-state index is -4.46. The predicted molar refractivity (Wildman–Crippen MR) is 91.5 cm³/mol. The standard InChI is InChI=1S/C18H15F4N3O2/c1-10(23)16-24-14-4-2-3-13(19)15(14)17(26)25(16)11-5-7-12(8-6-11)27-9-18(20,21)22/h2-8,10H,9,23H2,1H3/t10-/m0/s1. The Balaban J connectivity index is 2.10. The molecule has 142 valence electrons. The average molecular weight is 381 g/mol. The van der Waals surface area contributed by atoms with Gasteiger partial charge < -0.3 is 10.5 Å². The van der Waals surface area contributed by atoms with E-state index in [-0.39, 0.29) is 28.2 Å². The molecule has 0 radical (unpaired) electrons. The van der Waals surface area contributed by atoms with Crippen molar-refractivity contribution < 1.29 is 22.3 Å². The maximum absolute atomic E-state index is 14.1. The summed E-state index contributed by atoms with van der Waals surface area (Å²) in [5.74, 6) is -0.548. The monoisotopic (exact) mass is 381 g/mol. The zero-order valence-corrected chi connectivity index (χ0v) is 14.1. The fraction of sp³-hybridized carbons (Fsp3) is 0.222. The number of fused-ring (bicyclic) bond motifs is 1. The Hall–Kier alpha value is -2.94. The molecule has 0 aliphatic carbocycles. The number of halogens is 4. The van der Waals surface area contributed by atoms with Crippen LogP contribution in [-0.2, 0) is 0 Å². The van der Waals surface area contributed by atoms with Gasteiger partial charge in [0.15, 0.2) is 6.61 Å². The van der Waals surface area contributed by atoms with Crippen LogP contribution in [0.15, 0.2) is 47.3 Å². The molecule has 2 N–H and O–H groups in total. The van der Waals surface area contributed by atoms with Crippen LogP contribution >= 0.6 is 0 Å². The van der Waals surface area contributed by atoms with Gasteiger partial charge in [-0.3, -0.25) is 9.36 Å². The van der Waals surface area contributed by atoms with Gasteiger partial charge in [0, 0.05) is 0 Å². The summed E-state index contributed by atoms with van der Waals surface area (Å²) >= 11 is 0. The molecule has 1 aromatic heterocycles. The lowest BCUT2D eigenvalue weighted by atomic mass is 10.2. The Morgan fingerprint density at radius 1 is 1.19 bits per heavy atom. The van der Waals surface area contributed by atoms with E-state index < -0.39 is 30.2 Å². The zero-order chi connectivity index (χ0) is 19.8. The van der Waals surface area contributed by atoms with Crippen molar-refractivity contribution in [2.75, 3.05) is 6.61 Å². The van der Waals surface area contributed by atoms with Crippen molar-refractivity contribution in [1.82, 2.24) is 9.55 Å². The van der Waals surface area contributed by atoms with Crippen molar-refractivity contribution in [3.8, 4) is 11.4 Å². The first-order chi connectivity index (χ1) is 12.7. The summed E-state index contributed by atoms with van der Waals surface area (Å²) < 4.78 is 56.6. The van der Waals surface area contributed by atoms with Crippen LogP contribution in [-0.4, -0.2) is 22.3 Å². The Kier molecular flexibility index (Phi) is 4.88. The Morgan fingerprint density at radius 3 is 2.44 bits per heavy atom. The maximum atomic E-state index is 14.1. The molecule has 0 spiro atoms. The van der Waals surface area contributed by atoms with Crippen molar-refractivity contribution in [2.24, 2.45) is 5.73 Å². The number of hydrogen-bond donors (Lipinski definition) is 1.